The number of carbonyl (C=O) groups is 1. The minimum atomic E-state index is -4.89. The molecular weight excluding hydrogens is 373 g/mol. The van der Waals surface area contributed by atoms with Crippen molar-refractivity contribution in [2.24, 2.45) is 0 Å². The van der Waals surface area contributed by atoms with Gasteiger partial charge in [-0.3, -0.25) is 14.2 Å². The van der Waals surface area contributed by atoms with E-state index in [2.05, 4.69) is 15.2 Å². The van der Waals surface area contributed by atoms with Crippen LogP contribution in [0.15, 0.2) is 29.1 Å². The van der Waals surface area contributed by atoms with Gasteiger partial charge < -0.3 is 10.2 Å². The molecule has 0 saturated carbocycles. The van der Waals surface area contributed by atoms with Crippen LogP contribution in [0.5, 0.6) is 0 Å². The van der Waals surface area contributed by atoms with E-state index in [1.807, 2.05) is 0 Å². The van der Waals surface area contributed by atoms with Crippen molar-refractivity contribution >= 4 is 16.9 Å². The van der Waals surface area contributed by atoms with Gasteiger partial charge in [0.15, 0.2) is 0 Å². The normalized spacial score (nSPS) is 16.4. The summed E-state index contributed by atoms with van der Waals surface area (Å²) >= 11 is 0. The number of halogens is 3. The second-order valence-electron chi connectivity index (χ2n) is 6.99. The van der Waals surface area contributed by atoms with Crippen molar-refractivity contribution in [3.63, 3.8) is 0 Å². The molecule has 2 aromatic rings. The zero-order valence-corrected chi connectivity index (χ0v) is 15.6. The molecule has 1 atom stereocenters. The van der Waals surface area contributed by atoms with Crippen LogP contribution in [-0.4, -0.2) is 46.5 Å². The quantitative estimate of drug-likeness (QED) is 0.763. The van der Waals surface area contributed by atoms with Crippen LogP contribution in [0.25, 0.3) is 11.0 Å². The summed E-state index contributed by atoms with van der Waals surface area (Å²) < 4.78 is 40.6. The van der Waals surface area contributed by atoms with Gasteiger partial charge >= 0.3 is 6.18 Å². The highest BCUT2D eigenvalue weighted by Gasteiger charge is 2.38. The Morgan fingerprint density at radius 3 is 2.61 bits per heavy atom. The van der Waals surface area contributed by atoms with Gasteiger partial charge in [0.25, 0.3) is 5.56 Å². The number of benzene rings is 1. The Morgan fingerprint density at radius 1 is 1.25 bits per heavy atom. The lowest BCUT2D eigenvalue weighted by atomic mass is 10.2. The van der Waals surface area contributed by atoms with Gasteiger partial charge in [-0.1, -0.05) is 12.1 Å². The van der Waals surface area contributed by atoms with Gasteiger partial charge in [0, 0.05) is 6.54 Å². The smallest absolute Gasteiger partial charge is 0.354 e. The largest absolute Gasteiger partial charge is 0.438 e. The first-order valence-electron chi connectivity index (χ1n) is 9.37. The van der Waals surface area contributed by atoms with Gasteiger partial charge in [-0.05, 0) is 58.0 Å². The predicted octanol–water partition coefficient (Wildman–Crippen LogP) is 2.58. The number of fused-ring (bicyclic) bond motifs is 1. The van der Waals surface area contributed by atoms with E-state index in [1.165, 1.54) is 38.0 Å². The van der Waals surface area contributed by atoms with Crippen molar-refractivity contribution in [2.45, 2.75) is 38.4 Å². The third kappa shape index (κ3) is 4.35. The second kappa shape index (κ2) is 8.30. The van der Waals surface area contributed by atoms with Crippen molar-refractivity contribution in [1.29, 1.82) is 0 Å². The van der Waals surface area contributed by atoms with Gasteiger partial charge in [-0.25, -0.2) is 4.98 Å². The number of likely N-dealkylation sites (tertiary alicyclic amines) is 1. The topological polar surface area (TPSA) is 67.2 Å². The van der Waals surface area contributed by atoms with E-state index in [0.29, 0.717) is 6.54 Å². The molecule has 152 valence electrons. The molecule has 1 aliphatic heterocycles. The standard InChI is InChI=1S/C19H23F3N4O2/c1-13(17(27)23-9-6-12-25-10-4-5-11-25)26-15-8-3-2-7-14(15)24-16(18(26)28)19(20,21)22/h2-3,7-8,13H,4-6,9-12H2,1H3,(H,23,27)/t13-/m0/s1. The van der Waals surface area contributed by atoms with Crippen molar-refractivity contribution in [3.8, 4) is 0 Å². The Bertz CT molecular complexity index is 904. The van der Waals surface area contributed by atoms with E-state index in [-0.39, 0.29) is 11.0 Å². The van der Waals surface area contributed by atoms with E-state index in [1.54, 1.807) is 6.07 Å². The van der Waals surface area contributed by atoms with Crippen molar-refractivity contribution in [1.82, 2.24) is 19.8 Å². The van der Waals surface area contributed by atoms with Crippen LogP contribution in [0.4, 0.5) is 13.2 Å². The third-order valence-corrected chi connectivity index (χ3v) is 4.98. The van der Waals surface area contributed by atoms with Crippen LogP contribution in [0, 0.1) is 0 Å². The number of nitrogens with zero attached hydrogens (tertiary/aromatic N) is 3. The second-order valence-corrected chi connectivity index (χ2v) is 6.99. The van der Waals surface area contributed by atoms with E-state index in [0.717, 1.165) is 30.6 Å². The summed E-state index contributed by atoms with van der Waals surface area (Å²) in [5, 5.41) is 2.73. The van der Waals surface area contributed by atoms with Crippen LogP contribution in [-0.2, 0) is 11.0 Å². The molecule has 2 heterocycles. The molecular formula is C19H23F3N4O2. The maximum atomic E-state index is 13.2. The van der Waals surface area contributed by atoms with Crippen LogP contribution < -0.4 is 10.9 Å². The molecule has 0 unspecified atom stereocenters. The summed E-state index contributed by atoms with van der Waals surface area (Å²) in [6.45, 7) is 4.81. The third-order valence-electron chi connectivity index (χ3n) is 4.98. The molecule has 9 heteroatoms. The highest BCUT2D eigenvalue weighted by molar-refractivity contribution is 5.83. The molecule has 1 amide bonds. The Kier molecular flexibility index (Phi) is 6.02. The average molecular weight is 396 g/mol. The lowest BCUT2D eigenvalue weighted by molar-refractivity contribution is -0.142. The molecule has 1 saturated heterocycles. The number of rotatable bonds is 6. The number of amides is 1. The molecule has 0 radical (unpaired) electrons. The van der Waals surface area contributed by atoms with E-state index in [9.17, 15) is 22.8 Å². The highest BCUT2D eigenvalue weighted by Crippen LogP contribution is 2.27. The fourth-order valence-corrected chi connectivity index (χ4v) is 3.51. The lowest BCUT2D eigenvalue weighted by Crippen LogP contribution is -2.39. The van der Waals surface area contributed by atoms with Gasteiger partial charge in [0.1, 0.15) is 6.04 Å². The van der Waals surface area contributed by atoms with E-state index < -0.39 is 29.4 Å². The molecule has 0 bridgehead atoms. The zero-order valence-electron chi connectivity index (χ0n) is 15.6. The Balaban J connectivity index is 1.79. The Labute approximate surface area is 160 Å². The Morgan fingerprint density at radius 2 is 1.93 bits per heavy atom. The minimum absolute atomic E-state index is 0.0168. The molecule has 28 heavy (non-hydrogen) atoms. The van der Waals surface area contributed by atoms with Gasteiger partial charge in [-0.2, -0.15) is 13.2 Å². The fraction of sp³-hybridized carbons (Fsp3) is 0.526. The van der Waals surface area contributed by atoms with Crippen molar-refractivity contribution in [2.75, 3.05) is 26.2 Å². The number of hydrogen-bond acceptors (Lipinski definition) is 4. The monoisotopic (exact) mass is 396 g/mol. The summed E-state index contributed by atoms with van der Waals surface area (Å²) in [5.41, 5.74) is -2.62. The molecule has 1 aliphatic rings. The van der Waals surface area contributed by atoms with Crippen LogP contribution >= 0.6 is 0 Å². The Hall–Kier alpha value is -2.42. The minimum Gasteiger partial charge on any atom is -0.354 e. The number of aromatic nitrogens is 2. The fourth-order valence-electron chi connectivity index (χ4n) is 3.51. The maximum absolute atomic E-state index is 13.2. The molecule has 0 aliphatic carbocycles. The number of carbonyl (C=O) groups excluding carboxylic acids is 1. The SMILES string of the molecule is C[C@@H](C(=O)NCCCN1CCCC1)n1c(=O)c(C(F)(F)F)nc2ccccc21. The summed E-state index contributed by atoms with van der Waals surface area (Å²) in [5.74, 6) is -0.493. The average Bonchev–Trinajstić information content (AvgIpc) is 3.16. The van der Waals surface area contributed by atoms with Gasteiger partial charge in [-0.15, -0.1) is 0 Å². The van der Waals surface area contributed by atoms with Gasteiger partial charge in [0.2, 0.25) is 11.6 Å². The molecule has 1 aromatic carbocycles. The summed E-state index contributed by atoms with van der Waals surface area (Å²) in [4.78, 5) is 30.8. The maximum Gasteiger partial charge on any atom is 0.438 e. The molecule has 6 nitrogen and oxygen atoms in total. The summed E-state index contributed by atoms with van der Waals surface area (Å²) in [7, 11) is 0. The first-order valence-corrected chi connectivity index (χ1v) is 9.37. The van der Waals surface area contributed by atoms with Crippen molar-refractivity contribution < 1.29 is 18.0 Å². The number of alkyl halides is 3. The number of nitrogens with one attached hydrogen (secondary N) is 1. The molecule has 1 fully saturated rings. The first-order chi connectivity index (χ1) is 13.3. The van der Waals surface area contributed by atoms with Gasteiger partial charge in [0.05, 0.1) is 11.0 Å². The van der Waals surface area contributed by atoms with E-state index in [4.69, 9.17) is 0 Å². The highest BCUT2D eigenvalue weighted by atomic mass is 19.4. The zero-order chi connectivity index (χ0) is 20.3. The molecule has 1 N–H and O–H groups in total. The summed E-state index contributed by atoms with van der Waals surface area (Å²) in [6.07, 6.45) is -1.78. The lowest BCUT2D eigenvalue weighted by Gasteiger charge is -2.20. The summed E-state index contributed by atoms with van der Waals surface area (Å²) in [6, 6.07) is 4.91. The number of hydrogen-bond donors (Lipinski definition) is 1. The van der Waals surface area contributed by atoms with Crippen LogP contribution in [0.2, 0.25) is 0 Å². The van der Waals surface area contributed by atoms with Crippen LogP contribution in [0.1, 0.15) is 37.9 Å². The van der Waals surface area contributed by atoms with E-state index >= 15 is 0 Å². The molecule has 3 rings (SSSR count). The molecule has 0 spiro atoms. The predicted molar refractivity (Wildman–Crippen MR) is 99.0 cm³/mol. The first kappa shape index (κ1) is 20.3. The van der Waals surface area contributed by atoms with Crippen molar-refractivity contribution in [3.05, 3.63) is 40.3 Å². The molecule has 1 aromatic heterocycles. The van der Waals surface area contributed by atoms with Crippen LogP contribution in [0.3, 0.4) is 0 Å². The number of para-hydroxylation sites is 2.